The van der Waals surface area contributed by atoms with Crippen molar-refractivity contribution in [2.24, 2.45) is 0 Å². The van der Waals surface area contributed by atoms with Crippen molar-refractivity contribution >= 4 is 17.3 Å². The fourth-order valence-electron chi connectivity index (χ4n) is 1.61. The highest BCUT2D eigenvalue weighted by atomic mass is 35.5. The molecule has 2 rings (SSSR count). The van der Waals surface area contributed by atoms with Gasteiger partial charge in [0.15, 0.2) is 0 Å². The third-order valence-electron chi connectivity index (χ3n) is 2.57. The summed E-state index contributed by atoms with van der Waals surface area (Å²) in [5, 5.41) is 10.5. The molecule has 1 aromatic carbocycles. The summed E-state index contributed by atoms with van der Waals surface area (Å²) in [4.78, 5) is 13.8. The standard InChI is InChI=1S/C13H10ClFN2O3/c1-8-4-9(6-14)7-16-13(8)20-10-2-3-12(17(18)19)11(15)5-10/h2-5,7H,6H2,1H3. The van der Waals surface area contributed by atoms with Gasteiger partial charge in [-0.1, -0.05) is 0 Å². The Kier molecular flexibility index (Phi) is 4.14. The van der Waals surface area contributed by atoms with Crippen molar-refractivity contribution in [1.29, 1.82) is 0 Å². The fourth-order valence-corrected chi connectivity index (χ4v) is 1.76. The third-order valence-corrected chi connectivity index (χ3v) is 2.88. The van der Waals surface area contributed by atoms with Crippen LogP contribution in [0.2, 0.25) is 0 Å². The normalized spacial score (nSPS) is 10.3. The average molecular weight is 297 g/mol. The van der Waals surface area contributed by atoms with Gasteiger partial charge in [0.2, 0.25) is 11.7 Å². The van der Waals surface area contributed by atoms with Gasteiger partial charge in [-0.2, -0.15) is 4.39 Å². The molecule has 0 aliphatic rings. The Balaban J connectivity index is 2.26. The highest BCUT2D eigenvalue weighted by molar-refractivity contribution is 6.17. The number of pyridine rings is 1. The number of ether oxygens (including phenoxy) is 1. The lowest BCUT2D eigenvalue weighted by molar-refractivity contribution is -0.387. The molecule has 0 radical (unpaired) electrons. The van der Waals surface area contributed by atoms with E-state index in [1.165, 1.54) is 6.07 Å². The maximum Gasteiger partial charge on any atom is 0.305 e. The summed E-state index contributed by atoms with van der Waals surface area (Å²) < 4.78 is 18.9. The molecule has 0 N–H and O–H groups in total. The predicted molar refractivity (Wildman–Crippen MR) is 71.7 cm³/mol. The minimum Gasteiger partial charge on any atom is -0.439 e. The molecule has 0 atom stereocenters. The Morgan fingerprint density at radius 1 is 1.45 bits per heavy atom. The summed E-state index contributed by atoms with van der Waals surface area (Å²) in [5.74, 6) is -0.183. The first-order chi connectivity index (χ1) is 9.51. The van der Waals surface area contributed by atoms with Gasteiger partial charge < -0.3 is 4.74 Å². The number of hydrogen-bond donors (Lipinski definition) is 0. The Labute approximate surface area is 119 Å². The van der Waals surface area contributed by atoms with Crippen molar-refractivity contribution < 1.29 is 14.1 Å². The Bertz CT molecular complexity index is 664. The molecule has 104 valence electrons. The Morgan fingerprint density at radius 3 is 2.75 bits per heavy atom. The Hall–Kier alpha value is -2.21. The second-order valence-electron chi connectivity index (χ2n) is 4.07. The lowest BCUT2D eigenvalue weighted by Gasteiger charge is -2.08. The lowest BCUT2D eigenvalue weighted by Crippen LogP contribution is -1.96. The van der Waals surface area contributed by atoms with Crippen LogP contribution in [0.5, 0.6) is 11.6 Å². The van der Waals surface area contributed by atoms with E-state index in [4.69, 9.17) is 16.3 Å². The molecule has 0 amide bonds. The van der Waals surface area contributed by atoms with E-state index in [1.54, 1.807) is 19.2 Å². The molecular formula is C13H10ClFN2O3. The van der Waals surface area contributed by atoms with Gasteiger partial charge >= 0.3 is 5.69 Å². The second kappa shape index (κ2) is 5.83. The molecule has 1 heterocycles. The van der Waals surface area contributed by atoms with Gasteiger partial charge in [-0.3, -0.25) is 10.1 Å². The van der Waals surface area contributed by atoms with E-state index in [-0.39, 0.29) is 5.75 Å². The SMILES string of the molecule is Cc1cc(CCl)cnc1Oc1ccc([N+](=O)[O-])c(F)c1. The fraction of sp³-hybridized carbons (Fsp3) is 0.154. The van der Waals surface area contributed by atoms with Crippen molar-refractivity contribution in [3.63, 3.8) is 0 Å². The van der Waals surface area contributed by atoms with Crippen LogP contribution in [0.25, 0.3) is 0 Å². The number of alkyl halides is 1. The second-order valence-corrected chi connectivity index (χ2v) is 4.34. The van der Waals surface area contributed by atoms with Crippen LogP contribution >= 0.6 is 11.6 Å². The van der Waals surface area contributed by atoms with Crippen molar-refractivity contribution in [1.82, 2.24) is 4.98 Å². The van der Waals surface area contributed by atoms with E-state index in [0.717, 1.165) is 23.3 Å². The number of nitro groups is 1. The molecular weight excluding hydrogens is 287 g/mol. The van der Waals surface area contributed by atoms with Crippen molar-refractivity contribution in [2.45, 2.75) is 12.8 Å². The number of halogens is 2. The van der Waals surface area contributed by atoms with Crippen LogP contribution in [0.1, 0.15) is 11.1 Å². The lowest BCUT2D eigenvalue weighted by atomic mass is 10.2. The quantitative estimate of drug-likeness (QED) is 0.486. The molecule has 5 nitrogen and oxygen atoms in total. The van der Waals surface area contributed by atoms with E-state index in [9.17, 15) is 14.5 Å². The zero-order chi connectivity index (χ0) is 14.7. The van der Waals surface area contributed by atoms with Gasteiger partial charge in [-0.25, -0.2) is 4.98 Å². The minimum absolute atomic E-state index is 0.141. The molecule has 20 heavy (non-hydrogen) atoms. The predicted octanol–water partition coefficient (Wildman–Crippen LogP) is 3.97. The molecule has 0 spiro atoms. The number of benzene rings is 1. The third kappa shape index (κ3) is 3.03. The summed E-state index contributed by atoms with van der Waals surface area (Å²) in [5.41, 5.74) is 0.979. The van der Waals surface area contributed by atoms with Gasteiger partial charge in [0.05, 0.1) is 4.92 Å². The van der Waals surface area contributed by atoms with Crippen molar-refractivity contribution in [3.8, 4) is 11.6 Å². The number of rotatable bonds is 4. The molecule has 0 aliphatic carbocycles. The topological polar surface area (TPSA) is 65.3 Å². The molecule has 0 aliphatic heterocycles. The van der Waals surface area contributed by atoms with Gasteiger partial charge in [0, 0.05) is 29.8 Å². The first-order valence-corrected chi connectivity index (χ1v) is 6.18. The van der Waals surface area contributed by atoms with Crippen LogP contribution in [0.4, 0.5) is 10.1 Å². The number of hydrogen-bond acceptors (Lipinski definition) is 4. The summed E-state index contributed by atoms with van der Waals surface area (Å²) >= 11 is 5.69. The van der Waals surface area contributed by atoms with E-state index in [2.05, 4.69) is 4.98 Å². The first-order valence-electron chi connectivity index (χ1n) is 5.64. The van der Waals surface area contributed by atoms with E-state index < -0.39 is 16.4 Å². The minimum atomic E-state index is -0.956. The maximum atomic E-state index is 13.5. The molecule has 7 heteroatoms. The molecule has 2 aromatic rings. The van der Waals surface area contributed by atoms with Gasteiger partial charge in [0.1, 0.15) is 5.75 Å². The molecule has 0 bridgehead atoms. The molecule has 0 saturated heterocycles. The monoisotopic (exact) mass is 296 g/mol. The number of nitrogens with zero attached hydrogens (tertiary/aromatic N) is 2. The summed E-state index contributed by atoms with van der Waals surface area (Å²) in [7, 11) is 0. The van der Waals surface area contributed by atoms with Gasteiger partial charge in [0.25, 0.3) is 0 Å². The number of aromatic nitrogens is 1. The smallest absolute Gasteiger partial charge is 0.305 e. The molecule has 1 aromatic heterocycles. The van der Waals surface area contributed by atoms with E-state index >= 15 is 0 Å². The van der Waals surface area contributed by atoms with E-state index in [1.807, 2.05) is 0 Å². The van der Waals surface area contributed by atoms with Crippen LogP contribution in [0, 0.1) is 22.9 Å². The molecule has 0 unspecified atom stereocenters. The van der Waals surface area contributed by atoms with Crippen LogP contribution in [-0.2, 0) is 5.88 Å². The van der Waals surface area contributed by atoms with Crippen LogP contribution in [0.15, 0.2) is 30.5 Å². The zero-order valence-corrected chi connectivity index (χ0v) is 11.2. The van der Waals surface area contributed by atoms with Crippen LogP contribution in [0.3, 0.4) is 0 Å². The van der Waals surface area contributed by atoms with Crippen molar-refractivity contribution in [3.05, 3.63) is 57.5 Å². The molecule has 0 fully saturated rings. The van der Waals surface area contributed by atoms with Crippen LogP contribution < -0.4 is 4.74 Å². The van der Waals surface area contributed by atoms with Crippen LogP contribution in [-0.4, -0.2) is 9.91 Å². The summed E-state index contributed by atoms with van der Waals surface area (Å²) in [6.07, 6.45) is 1.55. The van der Waals surface area contributed by atoms with E-state index in [0.29, 0.717) is 11.8 Å². The highest BCUT2D eigenvalue weighted by Gasteiger charge is 2.15. The highest BCUT2D eigenvalue weighted by Crippen LogP contribution is 2.27. The van der Waals surface area contributed by atoms with Crippen molar-refractivity contribution in [2.75, 3.05) is 0 Å². The number of aryl methyl sites for hydroxylation is 1. The largest absolute Gasteiger partial charge is 0.439 e. The summed E-state index contributed by atoms with van der Waals surface area (Å²) in [6, 6.07) is 5.12. The summed E-state index contributed by atoms with van der Waals surface area (Å²) in [6.45, 7) is 1.78. The maximum absolute atomic E-state index is 13.5. The van der Waals surface area contributed by atoms with Gasteiger partial charge in [-0.05, 0) is 24.6 Å². The Morgan fingerprint density at radius 2 is 2.20 bits per heavy atom. The zero-order valence-electron chi connectivity index (χ0n) is 10.5. The average Bonchev–Trinajstić information content (AvgIpc) is 2.40. The first kappa shape index (κ1) is 14.2. The number of nitro benzene ring substituents is 1. The molecule has 0 saturated carbocycles. The van der Waals surface area contributed by atoms with Gasteiger partial charge in [-0.15, -0.1) is 11.6 Å².